The third-order valence-corrected chi connectivity index (χ3v) is 5.39. The van der Waals surface area contributed by atoms with E-state index in [1.54, 1.807) is 0 Å². The minimum atomic E-state index is -0.593. The number of carbonyl (C=O) groups is 1. The van der Waals surface area contributed by atoms with E-state index in [1.165, 1.54) is 12.8 Å². The summed E-state index contributed by atoms with van der Waals surface area (Å²) in [7, 11) is 0. The SMILES string of the molecule is CC1CCC(C2(C(=O)O)CC3CCC2O3)CC1. The van der Waals surface area contributed by atoms with Gasteiger partial charge < -0.3 is 9.84 Å². The molecule has 1 N–H and O–H groups in total. The maximum atomic E-state index is 11.8. The predicted octanol–water partition coefficient (Wildman–Crippen LogP) is 2.84. The van der Waals surface area contributed by atoms with Gasteiger partial charge in [0.1, 0.15) is 0 Å². The highest BCUT2D eigenvalue weighted by Gasteiger charge is 2.61. The van der Waals surface area contributed by atoms with Gasteiger partial charge in [-0.3, -0.25) is 4.79 Å². The minimum absolute atomic E-state index is 0.00315. The molecule has 96 valence electrons. The standard InChI is InChI=1S/C14H22O3/c1-9-2-4-10(5-3-9)14(13(15)16)8-11-6-7-12(14)17-11/h9-12H,2-8H2,1H3,(H,15,16). The van der Waals surface area contributed by atoms with Crippen LogP contribution >= 0.6 is 0 Å². The van der Waals surface area contributed by atoms with Crippen LogP contribution < -0.4 is 0 Å². The fourth-order valence-corrected chi connectivity index (χ4v) is 4.35. The second-order valence-electron chi connectivity index (χ2n) is 6.33. The van der Waals surface area contributed by atoms with Gasteiger partial charge in [-0.05, 0) is 43.9 Å². The largest absolute Gasteiger partial charge is 0.481 e. The molecule has 3 aliphatic rings. The molecule has 3 rings (SSSR count). The van der Waals surface area contributed by atoms with E-state index in [0.717, 1.165) is 38.0 Å². The molecule has 0 amide bonds. The topological polar surface area (TPSA) is 46.5 Å². The Morgan fingerprint density at radius 1 is 1.18 bits per heavy atom. The first-order valence-electron chi connectivity index (χ1n) is 7.02. The average Bonchev–Trinajstić information content (AvgIpc) is 2.90. The third-order valence-electron chi connectivity index (χ3n) is 5.39. The fraction of sp³-hybridized carbons (Fsp3) is 0.929. The Labute approximate surface area is 103 Å². The van der Waals surface area contributed by atoms with Crippen molar-refractivity contribution < 1.29 is 14.6 Å². The molecule has 3 heteroatoms. The van der Waals surface area contributed by atoms with Crippen molar-refractivity contribution in [1.29, 1.82) is 0 Å². The molecule has 3 nitrogen and oxygen atoms in total. The summed E-state index contributed by atoms with van der Waals surface area (Å²) in [4.78, 5) is 11.8. The summed E-state index contributed by atoms with van der Waals surface area (Å²) >= 11 is 0. The van der Waals surface area contributed by atoms with E-state index in [9.17, 15) is 9.90 Å². The van der Waals surface area contributed by atoms with E-state index in [2.05, 4.69) is 6.92 Å². The van der Waals surface area contributed by atoms with Crippen LogP contribution in [0.5, 0.6) is 0 Å². The Hall–Kier alpha value is -0.570. The van der Waals surface area contributed by atoms with E-state index in [-0.39, 0.29) is 12.2 Å². The number of aliphatic carboxylic acids is 1. The van der Waals surface area contributed by atoms with Gasteiger partial charge in [0.15, 0.2) is 0 Å². The van der Waals surface area contributed by atoms with E-state index < -0.39 is 11.4 Å². The number of carboxylic acids is 1. The molecule has 0 aromatic heterocycles. The maximum Gasteiger partial charge on any atom is 0.312 e. The van der Waals surface area contributed by atoms with Crippen LogP contribution in [-0.4, -0.2) is 23.3 Å². The molecule has 17 heavy (non-hydrogen) atoms. The van der Waals surface area contributed by atoms with Gasteiger partial charge in [0.2, 0.25) is 0 Å². The van der Waals surface area contributed by atoms with Crippen LogP contribution in [0.25, 0.3) is 0 Å². The summed E-state index contributed by atoms with van der Waals surface area (Å²) in [6.45, 7) is 2.28. The van der Waals surface area contributed by atoms with E-state index >= 15 is 0 Å². The van der Waals surface area contributed by atoms with Crippen LogP contribution in [0.3, 0.4) is 0 Å². The summed E-state index contributed by atoms with van der Waals surface area (Å²) in [5.41, 5.74) is -0.539. The van der Waals surface area contributed by atoms with Crippen molar-refractivity contribution in [2.75, 3.05) is 0 Å². The highest BCUT2D eigenvalue weighted by atomic mass is 16.5. The Kier molecular flexibility index (Phi) is 2.69. The first-order valence-corrected chi connectivity index (χ1v) is 7.02. The number of hydrogen-bond acceptors (Lipinski definition) is 2. The van der Waals surface area contributed by atoms with Crippen LogP contribution in [0.2, 0.25) is 0 Å². The van der Waals surface area contributed by atoms with E-state index in [0.29, 0.717) is 5.92 Å². The zero-order valence-electron chi connectivity index (χ0n) is 10.5. The molecule has 2 aliphatic heterocycles. The van der Waals surface area contributed by atoms with Gasteiger partial charge in [-0.15, -0.1) is 0 Å². The van der Waals surface area contributed by atoms with Crippen molar-refractivity contribution in [2.45, 2.75) is 64.1 Å². The Bertz CT molecular complexity index is 319. The molecular formula is C14H22O3. The molecule has 2 saturated heterocycles. The van der Waals surface area contributed by atoms with E-state index in [1.807, 2.05) is 0 Å². The zero-order valence-corrected chi connectivity index (χ0v) is 10.5. The van der Waals surface area contributed by atoms with Gasteiger partial charge in [-0.2, -0.15) is 0 Å². The summed E-state index contributed by atoms with van der Waals surface area (Å²) < 4.78 is 5.85. The molecule has 0 radical (unpaired) electrons. The van der Waals surface area contributed by atoms with Gasteiger partial charge in [-0.25, -0.2) is 0 Å². The molecule has 1 saturated carbocycles. The molecule has 0 aromatic carbocycles. The normalized spacial score (nSPS) is 49.5. The maximum absolute atomic E-state index is 11.8. The van der Waals surface area contributed by atoms with Gasteiger partial charge in [0.05, 0.1) is 17.6 Å². The lowest BCUT2D eigenvalue weighted by Gasteiger charge is -2.41. The number of ether oxygens (including phenoxy) is 1. The lowest BCUT2D eigenvalue weighted by molar-refractivity contribution is -0.158. The summed E-state index contributed by atoms with van der Waals surface area (Å²) in [5, 5.41) is 9.72. The number of hydrogen-bond donors (Lipinski definition) is 1. The summed E-state index contributed by atoms with van der Waals surface area (Å²) in [5.74, 6) is 0.535. The number of fused-ring (bicyclic) bond motifs is 2. The van der Waals surface area contributed by atoms with Crippen molar-refractivity contribution in [2.24, 2.45) is 17.3 Å². The Balaban J connectivity index is 1.83. The first kappa shape index (κ1) is 11.5. The quantitative estimate of drug-likeness (QED) is 0.804. The van der Waals surface area contributed by atoms with Crippen molar-refractivity contribution in [3.63, 3.8) is 0 Å². The van der Waals surface area contributed by atoms with Crippen molar-refractivity contribution >= 4 is 5.97 Å². The molecule has 0 aromatic rings. The molecule has 3 atom stereocenters. The van der Waals surface area contributed by atoms with Crippen molar-refractivity contribution in [3.8, 4) is 0 Å². The highest BCUT2D eigenvalue weighted by Crippen LogP contribution is 2.55. The first-order chi connectivity index (χ1) is 8.13. The number of rotatable bonds is 2. The van der Waals surface area contributed by atoms with Crippen LogP contribution in [0.15, 0.2) is 0 Å². The summed E-state index contributed by atoms with van der Waals surface area (Å²) in [6.07, 6.45) is 7.59. The van der Waals surface area contributed by atoms with Gasteiger partial charge in [0, 0.05) is 0 Å². The zero-order chi connectivity index (χ0) is 12.0. The van der Waals surface area contributed by atoms with Crippen LogP contribution in [0.4, 0.5) is 0 Å². The molecule has 2 heterocycles. The molecule has 3 unspecified atom stereocenters. The smallest absolute Gasteiger partial charge is 0.312 e. The predicted molar refractivity (Wildman–Crippen MR) is 63.7 cm³/mol. The molecule has 0 spiro atoms. The van der Waals surface area contributed by atoms with Crippen molar-refractivity contribution in [3.05, 3.63) is 0 Å². The second-order valence-corrected chi connectivity index (χ2v) is 6.33. The van der Waals surface area contributed by atoms with Crippen LogP contribution in [0.1, 0.15) is 51.9 Å². The van der Waals surface area contributed by atoms with Gasteiger partial charge in [-0.1, -0.05) is 19.8 Å². The monoisotopic (exact) mass is 238 g/mol. The average molecular weight is 238 g/mol. The van der Waals surface area contributed by atoms with Crippen LogP contribution in [-0.2, 0) is 9.53 Å². The van der Waals surface area contributed by atoms with Crippen LogP contribution in [0, 0.1) is 17.3 Å². The van der Waals surface area contributed by atoms with Gasteiger partial charge in [0.25, 0.3) is 0 Å². The molecular weight excluding hydrogens is 216 g/mol. The minimum Gasteiger partial charge on any atom is -0.481 e. The lowest BCUT2D eigenvalue weighted by Crippen LogP contribution is -2.47. The Morgan fingerprint density at radius 3 is 2.35 bits per heavy atom. The van der Waals surface area contributed by atoms with E-state index in [4.69, 9.17) is 4.74 Å². The van der Waals surface area contributed by atoms with Gasteiger partial charge >= 0.3 is 5.97 Å². The molecule has 3 fully saturated rings. The third kappa shape index (κ3) is 1.62. The fourth-order valence-electron chi connectivity index (χ4n) is 4.35. The lowest BCUT2D eigenvalue weighted by atomic mass is 9.60. The molecule has 1 aliphatic carbocycles. The molecule has 2 bridgehead atoms. The van der Waals surface area contributed by atoms with Crippen molar-refractivity contribution in [1.82, 2.24) is 0 Å². The second kappa shape index (κ2) is 3.98. The summed E-state index contributed by atoms with van der Waals surface area (Å²) in [6, 6.07) is 0. The Morgan fingerprint density at radius 2 is 1.88 bits per heavy atom. The highest BCUT2D eigenvalue weighted by molar-refractivity contribution is 5.76. The number of carboxylic acid groups (broad SMARTS) is 1.